The summed E-state index contributed by atoms with van der Waals surface area (Å²) in [5, 5.41) is 5.82. The summed E-state index contributed by atoms with van der Waals surface area (Å²) in [5.74, 6) is -0.1000. The molecular weight excluding hydrogens is 326 g/mol. The minimum atomic E-state index is -3.30. The molecule has 0 aliphatic carbocycles. The number of sulfonamides is 1. The molecule has 1 aromatic carbocycles. The van der Waals surface area contributed by atoms with E-state index in [1.807, 2.05) is 14.0 Å². The highest BCUT2D eigenvalue weighted by atomic mass is 35.5. The molecule has 0 aliphatic rings. The van der Waals surface area contributed by atoms with E-state index in [0.717, 1.165) is 0 Å². The molecule has 0 spiro atoms. The smallest absolute Gasteiger partial charge is 0.251 e. The van der Waals surface area contributed by atoms with Gasteiger partial charge in [0.05, 0.1) is 5.75 Å². The van der Waals surface area contributed by atoms with Gasteiger partial charge in [-0.1, -0.05) is 6.92 Å². The van der Waals surface area contributed by atoms with Crippen molar-refractivity contribution in [3.05, 3.63) is 29.8 Å². The fraction of sp³-hybridized carbons (Fsp3) is 0.500. The monoisotopic (exact) mass is 349 g/mol. The van der Waals surface area contributed by atoms with Crippen molar-refractivity contribution in [2.45, 2.75) is 26.3 Å². The van der Waals surface area contributed by atoms with Gasteiger partial charge in [0, 0.05) is 23.8 Å². The van der Waals surface area contributed by atoms with E-state index in [0.29, 0.717) is 24.2 Å². The lowest BCUT2D eigenvalue weighted by Gasteiger charge is -2.12. The lowest BCUT2D eigenvalue weighted by Crippen LogP contribution is -2.37. The van der Waals surface area contributed by atoms with E-state index in [4.69, 9.17) is 0 Å². The highest BCUT2D eigenvalue weighted by Crippen LogP contribution is 2.12. The zero-order valence-corrected chi connectivity index (χ0v) is 14.7. The van der Waals surface area contributed by atoms with Crippen LogP contribution in [0.5, 0.6) is 0 Å². The summed E-state index contributed by atoms with van der Waals surface area (Å²) >= 11 is 0. The summed E-state index contributed by atoms with van der Waals surface area (Å²) in [6, 6.07) is 6.56. The second kappa shape index (κ2) is 9.66. The van der Waals surface area contributed by atoms with E-state index < -0.39 is 10.0 Å². The summed E-state index contributed by atoms with van der Waals surface area (Å²) in [4.78, 5) is 11.9. The zero-order valence-electron chi connectivity index (χ0n) is 13.0. The molecular formula is C14H24ClN3O3S. The molecule has 1 unspecified atom stereocenters. The lowest BCUT2D eigenvalue weighted by molar-refractivity contribution is 0.0950. The number of anilines is 1. The fourth-order valence-electron chi connectivity index (χ4n) is 1.64. The third-order valence-electron chi connectivity index (χ3n) is 2.95. The molecule has 0 aliphatic heterocycles. The number of halogens is 1. The molecule has 0 saturated heterocycles. The summed E-state index contributed by atoms with van der Waals surface area (Å²) in [7, 11) is -1.47. The highest BCUT2D eigenvalue weighted by Gasteiger charge is 2.10. The average molecular weight is 350 g/mol. The van der Waals surface area contributed by atoms with Crippen molar-refractivity contribution >= 4 is 34.0 Å². The van der Waals surface area contributed by atoms with Gasteiger partial charge in [0.15, 0.2) is 0 Å². The van der Waals surface area contributed by atoms with Crippen LogP contribution in [-0.4, -0.2) is 39.7 Å². The Balaban J connectivity index is 0.00000441. The Labute approximate surface area is 138 Å². The molecule has 0 saturated carbocycles. The topological polar surface area (TPSA) is 87.3 Å². The van der Waals surface area contributed by atoms with Crippen molar-refractivity contribution in [2.24, 2.45) is 0 Å². The predicted molar refractivity (Wildman–Crippen MR) is 92.2 cm³/mol. The molecule has 0 fully saturated rings. The summed E-state index contributed by atoms with van der Waals surface area (Å²) < 4.78 is 25.7. The van der Waals surface area contributed by atoms with Crippen LogP contribution in [-0.2, 0) is 10.0 Å². The minimum absolute atomic E-state index is 0. The Morgan fingerprint density at radius 1 is 1.23 bits per heavy atom. The first-order valence-electron chi connectivity index (χ1n) is 6.94. The van der Waals surface area contributed by atoms with Gasteiger partial charge in [0.2, 0.25) is 10.0 Å². The fourth-order valence-corrected chi connectivity index (χ4v) is 2.77. The molecule has 1 atom stereocenters. The van der Waals surface area contributed by atoms with Crippen LogP contribution < -0.4 is 15.4 Å². The van der Waals surface area contributed by atoms with E-state index in [-0.39, 0.29) is 30.1 Å². The van der Waals surface area contributed by atoms with Crippen molar-refractivity contribution in [3.63, 3.8) is 0 Å². The molecule has 0 aromatic heterocycles. The number of nitrogens with one attached hydrogen (secondary N) is 3. The molecule has 1 amide bonds. The third-order valence-corrected chi connectivity index (χ3v) is 4.45. The van der Waals surface area contributed by atoms with Gasteiger partial charge in [0.1, 0.15) is 0 Å². The van der Waals surface area contributed by atoms with E-state index >= 15 is 0 Å². The van der Waals surface area contributed by atoms with Gasteiger partial charge >= 0.3 is 0 Å². The van der Waals surface area contributed by atoms with Crippen molar-refractivity contribution in [1.29, 1.82) is 0 Å². The molecule has 1 rings (SSSR count). The van der Waals surface area contributed by atoms with Gasteiger partial charge in [-0.2, -0.15) is 0 Å². The van der Waals surface area contributed by atoms with Crippen LogP contribution in [0.25, 0.3) is 0 Å². The number of rotatable bonds is 8. The Morgan fingerprint density at radius 3 is 2.32 bits per heavy atom. The molecule has 0 bridgehead atoms. The number of likely N-dealkylation sites (N-methyl/N-ethyl adjacent to an activating group) is 1. The zero-order chi connectivity index (χ0) is 15.9. The number of hydrogen-bond donors (Lipinski definition) is 3. The standard InChI is InChI=1S/C14H23N3O3S.ClH/c1-4-9-21(19,20)17-13-7-5-12(6-8-13)14(18)16-10-11(2)15-3;/h5-8,11,15,17H,4,9-10H2,1-3H3,(H,16,18);1H. The van der Waals surface area contributed by atoms with Gasteiger partial charge in [-0.05, 0) is 44.7 Å². The van der Waals surface area contributed by atoms with E-state index in [1.54, 1.807) is 31.2 Å². The average Bonchev–Trinajstić information content (AvgIpc) is 2.44. The molecule has 126 valence electrons. The number of carbonyl (C=O) groups is 1. The van der Waals surface area contributed by atoms with Crippen molar-refractivity contribution in [2.75, 3.05) is 24.1 Å². The molecule has 6 nitrogen and oxygen atoms in total. The van der Waals surface area contributed by atoms with Gasteiger partial charge in [-0.25, -0.2) is 8.42 Å². The normalized spacial score (nSPS) is 12.1. The van der Waals surface area contributed by atoms with Crippen LogP contribution in [0.1, 0.15) is 30.6 Å². The third kappa shape index (κ3) is 7.11. The lowest BCUT2D eigenvalue weighted by atomic mass is 10.2. The maximum Gasteiger partial charge on any atom is 0.251 e. The van der Waals surface area contributed by atoms with Crippen LogP contribution in [0.15, 0.2) is 24.3 Å². The first-order valence-corrected chi connectivity index (χ1v) is 8.59. The van der Waals surface area contributed by atoms with Crippen molar-refractivity contribution < 1.29 is 13.2 Å². The van der Waals surface area contributed by atoms with Crippen LogP contribution in [0.3, 0.4) is 0 Å². The molecule has 3 N–H and O–H groups in total. The SMILES string of the molecule is CCCS(=O)(=O)Nc1ccc(C(=O)NCC(C)NC)cc1.Cl. The van der Waals surface area contributed by atoms with Crippen LogP contribution >= 0.6 is 12.4 Å². The summed E-state index contributed by atoms with van der Waals surface area (Å²) in [5.41, 5.74) is 0.959. The van der Waals surface area contributed by atoms with E-state index in [2.05, 4.69) is 15.4 Å². The largest absolute Gasteiger partial charge is 0.350 e. The molecule has 1 aromatic rings. The second-order valence-electron chi connectivity index (χ2n) is 4.90. The predicted octanol–water partition coefficient (Wildman–Crippen LogP) is 1.60. The second-order valence-corrected chi connectivity index (χ2v) is 6.74. The van der Waals surface area contributed by atoms with E-state index in [9.17, 15) is 13.2 Å². The summed E-state index contributed by atoms with van der Waals surface area (Å²) in [6.45, 7) is 4.30. The minimum Gasteiger partial charge on any atom is -0.350 e. The maximum absolute atomic E-state index is 11.9. The van der Waals surface area contributed by atoms with Crippen molar-refractivity contribution in [1.82, 2.24) is 10.6 Å². The van der Waals surface area contributed by atoms with Crippen molar-refractivity contribution in [3.8, 4) is 0 Å². The molecule has 22 heavy (non-hydrogen) atoms. The van der Waals surface area contributed by atoms with Crippen LogP contribution in [0.2, 0.25) is 0 Å². The Kier molecular flexibility index (Phi) is 9.08. The maximum atomic E-state index is 11.9. The number of carbonyl (C=O) groups excluding carboxylic acids is 1. The van der Waals surface area contributed by atoms with Crippen LogP contribution in [0.4, 0.5) is 5.69 Å². The van der Waals surface area contributed by atoms with E-state index in [1.165, 1.54) is 0 Å². The quantitative estimate of drug-likeness (QED) is 0.665. The number of hydrogen-bond acceptors (Lipinski definition) is 4. The highest BCUT2D eigenvalue weighted by molar-refractivity contribution is 7.92. The molecule has 8 heteroatoms. The summed E-state index contributed by atoms with van der Waals surface area (Å²) in [6.07, 6.45) is 0.555. The number of amides is 1. The molecule has 0 radical (unpaired) electrons. The Hall–Kier alpha value is -1.31. The first kappa shape index (κ1) is 20.7. The Morgan fingerprint density at radius 2 is 1.82 bits per heavy atom. The van der Waals surface area contributed by atoms with Gasteiger partial charge < -0.3 is 10.6 Å². The van der Waals surface area contributed by atoms with Crippen LogP contribution in [0, 0.1) is 0 Å². The first-order chi connectivity index (χ1) is 9.88. The van der Waals surface area contributed by atoms with Gasteiger partial charge in [-0.3, -0.25) is 9.52 Å². The molecule has 0 heterocycles. The Bertz CT molecular complexity index is 561. The van der Waals surface area contributed by atoms with Gasteiger partial charge in [0.25, 0.3) is 5.91 Å². The van der Waals surface area contributed by atoms with Gasteiger partial charge in [-0.15, -0.1) is 12.4 Å². The number of benzene rings is 1.